The smallest absolute Gasteiger partial charge is 0.307 e. The maximum absolute atomic E-state index is 13.0. The van der Waals surface area contributed by atoms with E-state index in [0.717, 1.165) is 0 Å². The second-order valence-electron chi connectivity index (χ2n) is 6.53. The molecular weight excluding hydrogens is 376 g/mol. The predicted octanol–water partition coefficient (Wildman–Crippen LogP) is 0.257. The largest absolute Gasteiger partial charge is 0.497 e. The molecule has 0 aromatic heterocycles. The summed E-state index contributed by atoms with van der Waals surface area (Å²) < 4.78 is 37.6. The molecule has 1 heterocycles. The van der Waals surface area contributed by atoms with E-state index in [0.29, 0.717) is 12.2 Å². The van der Waals surface area contributed by atoms with Gasteiger partial charge in [-0.15, -0.1) is 0 Å². The summed E-state index contributed by atoms with van der Waals surface area (Å²) >= 11 is 0. The minimum Gasteiger partial charge on any atom is -0.497 e. The second kappa shape index (κ2) is 7.35. The lowest BCUT2D eigenvalue weighted by Crippen LogP contribution is -2.51. The minimum absolute atomic E-state index is 0.0114. The van der Waals surface area contributed by atoms with Crippen LogP contribution in [0.3, 0.4) is 0 Å². The van der Waals surface area contributed by atoms with Crippen LogP contribution in [0, 0.1) is 11.8 Å². The number of hydrogen-bond donors (Lipinski definition) is 1. The number of amides is 1. The maximum atomic E-state index is 13.0. The van der Waals surface area contributed by atoms with Crippen molar-refractivity contribution in [3.05, 3.63) is 18.2 Å². The van der Waals surface area contributed by atoms with E-state index in [1.165, 1.54) is 30.7 Å². The van der Waals surface area contributed by atoms with Crippen LogP contribution in [0.1, 0.15) is 6.42 Å². The minimum atomic E-state index is -3.82. The fourth-order valence-electron chi connectivity index (χ4n) is 3.25. The number of carboxylic acid groups (broad SMARTS) is 1. The summed E-state index contributed by atoms with van der Waals surface area (Å²) in [5, 5.41) is 8.96. The lowest BCUT2D eigenvalue weighted by molar-refractivity contribution is -0.142. The van der Waals surface area contributed by atoms with Crippen LogP contribution in [0.5, 0.6) is 11.5 Å². The lowest BCUT2D eigenvalue weighted by Gasteiger charge is -2.34. The van der Waals surface area contributed by atoms with Crippen LogP contribution in [-0.2, 0) is 19.6 Å². The molecule has 1 aromatic rings. The Morgan fingerprint density at radius 2 is 1.74 bits per heavy atom. The van der Waals surface area contributed by atoms with Gasteiger partial charge in [-0.05, 0) is 18.6 Å². The fraction of sp³-hybridized carbons (Fsp3) is 0.529. The first-order valence-electron chi connectivity index (χ1n) is 8.53. The van der Waals surface area contributed by atoms with Crippen molar-refractivity contribution in [2.45, 2.75) is 11.3 Å². The van der Waals surface area contributed by atoms with Gasteiger partial charge >= 0.3 is 5.97 Å². The van der Waals surface area contributed by atoms with E-state index in [2.05, 4.69) is 0 Å². The van der Waals surface area contributed by atoms with Crippen LogP contribution in [0.4, 0.5) is 0 Å². The Labute approximate surface area is 157 Å². The number of carboxylic acids is 1. The van der Waals surface area contributed by atoms with Crippen LogP contribution < -0.4 is 9.47 Å². The van der Waals surface area contributed by atoms with E-state index in [9.17, 15) is 18.0 Å². The summed E-state index contributed by atoms with van der Waals surface area (Å²) in [5.74, 6) is -1.64. The third-order valence-corrected chi connectivity index (χ3v) is 6.88. The van der Waals surface area contributed by atoms with Crippen molar-refractivity contribution in [2.24, 2.45) is 11.8 Å². The number of carbonyl (C=O) groups excluding carboxylic acids is 1. The number of sulfonamides is 1. The zero-order valence-electron chi connectivity index (χ0n) is 15.1. The number of benzene rings is 1. The molecular formula is C17H22N2O7S. The standard InChI is InChI=1S/C17H22N2O7S/c1-25-11-3-4-14(26-2)15(9-11)27(23,24)19-7-5-18(6-8-19)16(20)12-10-13(12)17(21)22/h3-4,9,12-13H,5-8,10H2,1-2H3,(H,21,22). The Morgan fingerprint density at radius 1 is 1.07 bits per heavy atom. The molecule has 0 bridgehead atoms. The van der Waals surface area contributed by atoms with E-state index < -0.39 is 27.8 Å². The van der Waals surface area contributed by atoms with Gasteiger partial charge in [-0.2, -0.15) is 4.31 Å². The Bertz CT molecular complexity index is 847. The number of rotatable bonds is 6. The first kappa shape index (κ1) is 19.4. The van der Waals surface area contributed by atoms with Gasteiger partial charge in [-0.3, -0.25) is 9.59 Å². The highest BCUT2D eigenvalue weighted by molar-refractivity contribution is 7.89. The fourth-order valence-corrected chi connectivity index (χ4v) is 4.84. The third-order valence-electron chi connectivity index (χ3n) is 4.96. The third kappa shape index (κ3) is 3.72. The number of nitrogens with zero attached hydrogens (tertiary/aromatic N) is 2. The first-order chi connectivity index (χ1) is 12.8. The van der Waals surface area contributed by atoms with Gasteiger partial charge in [0.15, 0.2) is 0 Å². The van der Waals surface area contributed by atoms with Crippen LogP contribution in [0.2, 0.25) is 0 Å². The van der Waals surface area contributed by atoms with E-state index in [1.54, 1.807) is 11.0 Å². The molecule has 1 aliphatic heterocycles. The van der Waals surface area contributed by atoms with E-state index >= 15 is 0 Å². The summed E-state index contributed by atoms with van der Waals surface area (Å²) in [6.45, 7) is 0.734. The number of aliphatic carboxylic acids is 1. The van der Waals surface area contributed by atoms with Crippen molar-refractivity contribution in [3.63, 3.8) is 0 Å². The van der Waals surface area contributed by atoms with Gasteiger partial charge < -0.3 is 19.5 Å². The normalized spacial score (nSPS) is 23.0. The summed E-state index contributed by atoms with van der Waals surface area (Å²) in [6, 6.07) is 4.56. The highest BCUT2D eigenvalue weighted by Gasteiger charge is 2.50. The van der Waals surface area contributed by atoms with Gasteiger partial charge in [0.2, 0.25) is 15.9 Å². The number of hydrogen-bond acceptors (Lipinski definition) is 6. The van der Waals surface area contributed by atoms with Crippen LogP contribution >= 0.6 is 0 Å². The molecule has 1 aliphatic carbocycles. The zero-order valence-corrected chi connectivity index (χ0v) is 15.9. The maximum Gasteiger partial charge on any atom is 0.307 e. The Balaban J connectivity index is 1.70. The molecule has 1 saturated carbocycles. The Hall–Kier alpha value is -2.33. The van der Waals surface area contributed by atoms with Crippen LogP contribution in [0.15, 0.2) is 23.1 Å². The van der Waals surface area contributed by atoms with E-state index in [1.807, 2.05) is 0 Å². The molecule has 10 heteroatoms. The number of piperazine rings is 1. The molecule has 1 N–H and O–H groups in total. The van der Waals surface area contributed by atoms with Gasteiger partial charge in [-0.1, -0.05) is 0 Å². The van der Waals surface area contributed by atoms with Crippen molar-refractivity contribution in [1.82, 2.24) is 9.21 Å². The molecule has 9 nitrogen and oxygen atoms in total. The molecule has 1 aromatic carbocycles. The second-order valence-corrected chi connectivity index (χ2v) is 8.44. The topological polar surface area (TPSA) is 113 Å². The van der Waals surface area contributed by atoms with Crippen molar-refractivity contribution in [1.29, 1.82) is 0 Å². The monoisotopic (exact) mass is 398 g/mol. The molecule has 27 heavy (non-hydrogen) atoms. The van der Waals surface area contributed by atoms with Gasteiger partial charge in [0.1, 0.15) is 16.4 Å². The van der Waals surface area contributed by atoms with Crippen LogP contribution in [-0.4, -0.2) is 75.0 Å². The highest BCUT2D eigenvalue weighted by atomic mass is 32.2. The molecule has 148 valence electrons. The molecule has 2 aliphatic rings. The predicted molar refractivity (Wildman–Crippen MR) is 94.1 cm³/mol. The number of ether oxygens (including phenoxy) is 2. The molecule has 2 fully saturated rings. The Kier molecular flexibility index (Phi) is 5.29. The molecule has 0 radical (unpaired) electrons. The molecule has 1 saturated heterocycles. The Morgan fingerprint density at radius 3 is 2.26 bits per heavy atom. The number of methoxy groups -OCH3 is 2. The highest BCUT2D eigenvalue weighted by Crippen LogP contribution is 2.40. The summed E-state index contributed by atoms with van der Waals surface area (Å²) in [7, 11) is -0.975. The average molecular weight is 398 g/mol. The average Bonchev–Trinajstić information content (AvgIpc) is 3.48. The molecule has 1 amide bonds. The lowest BCUT2D eigenvalue weighted by atomic mass is 10.2. The number of carbonyl (C=O) groups is 2. The summed E-state index contributed by atoms with van der Waals surface area (Å²) in [6.07, 6.45) is 0.355. The molecule has 0 spiro atoms. The van der Waals surface area contributed by atoms with Crippen molar-refractivity contribution in [3.8, 4) is 11.5 Å². The van der Waals surface area contributed by atoms with Crippen molar-refractivity contribution >= 4 is 21.9 Å². The molecule has 3 rings (SSSR count). The molecule has 2 atom stereocenters. The summed E-state index contributed by atoms with van der Waals surface area (Å²) in [5.41, 5.74) is 0. The van der Waals surface area contributed by atoms with Gasteiger partial charge in [0.05, 0.1) is 26.1 Å². The quantitative estimate of drug-likeness (QED) is 0.731. The van der Waals surface area contributed by atoms with Gasteiger partial charge in [-0.25, -0.2) is 8.42 Å². The first-order valence-corrected chi connectivity index (χ1v) is 9.97. The van der Waals surface area contributed by atoms with Crippen molar-refractivity contribution in [2.75, 3.05) is 40.4 Å². The van der Waals surface area contributed by atoms with Gasteiger partial charge in [0.25, 0.3) is 0 Å². The van der Waals surface area contributed by atoms with E-state index in [4.69, 9.17) is 14.6 Å². The van der Waals surface area contributed by atoms with Crippen molar-refractivity contribution < 1.29 is 32.6 Å². The van der Waals surface area contributed by atoms with E-state index in [-0.39, 0.29) is 42.7 Å². The SMILES string of the molecule is COc1ccc(OC)c(S(=O)(=O)N2CCN(C(=O)C3CC3C(=O)O)CC2)c1. The molecule has 2 unspecified atom stereocenters. The zero-order chi connectivity index (χ0) is 19.8. The summed E-state index contributed by atoms with van der Waals surface area (Å²) in [4.78, 5) is 24.8. The van der Waals surface area contributed by atoms with Gasteiger partial charge in [0, 0.05) is 32.2 Å². The van der Waals surface area contributed by atoms with Crippen LogP contribution in [0.25, 0.3) is 0 Å².